The number of aryl methyl sites for hydroxylation is 4. The van der Waals surface area contributed by atoms with Gasteiger partial charge in [0.25, 0.3) is 0 Å². The van der Waals surface area contributed by atoms with Crippen LogP contribution in [0.5, 0.6) is 0 Å². The van der Waals surface area contributed by atoms with Crippen LogP contribution in [0.15, 0.2) is 35.6 Å². The highest BCUT2D eigenvalue weighted by molar-refractivity contribution is 8.00. The van der Waals surface area contributed by atoms with Crippen LogP contribution >= 0.6 is 23.1 Å². The van der Waals surface area contributed by atoms with Gasteiger partial charge in [0.1, 0.15) is 16.2 Å². The second kappa shape index (κ2) is 8.73. The molecule has 0 bridgehead atoms. The van der Waals surface area contributed by atoms with Crippen molar-refractivity contribution in [2.75, 3.05) is 5.75 Å². The zero-order chi connectivity index (χ0) is 23.3. The Kier molecular flexibility index (Phi) is 5.91. The molecule has 0 amide bonds. The molecule has 0 radical (unpaired) electrons. The summed E-state index contributed by atoms with van der Waals surface area (Å²) in [4.78, 5) is 24.9. The summed E-state index contributed by atoms with van der Waals surface area (Å²) in [5.74, 6) is 1.25. The predicted octanol–water partition coefficient (Wildman–Crippen LogP) is 6.82. The lowest BCUT2D eigenvalue weighted by Gasteiger charge is -2.18. The van der Waals surface area contributed by atoms with Crippen molar-refractivity contribution in [1.29, 1.82) is 0 Å². The number of Topliss-reactive ketones (excluding diaryl/α,β-unsaturated/α-hetero) is 1. The molecule has 6 heteroatoms. The third-order valence-electron chi connectivity index (χ3n) is 6.88. The van der Waals surface area contributed by atoms with Crippen LogP contribution in [0.3, 0.4) is 0 Å². The summed E-state index contributed by atoms with van der Waals surface area (Å²) in [6, 6.07) is 8.49. The van der Waals surface area contributed by atoms with Crippen LogP contribution in [-0.4, -0.2) is 26.1 Å². The molecule has 4 aromatic rings. The highest BCUT2D eigenvalue weighted by Gasteiger charge is 2.24. The van der Waals surface area contributed by atoms with E-state index in [1.807, 2.05) is 13.0 Å². The first-order valence-electron chi connectivity index (χ1n) is 11.5. The molecule has 33 heavy (non-hydrogen) atoms. The van der Waals surface area contributed by atoms with Crippen molar-refractivity contribution in [3.8, 4) is 5.69 Å². The smallest absolute Gasteiger partial charge is 0.174 e. The molecule has 1 aliphatic carbocycles. The minimum absolute atomic E-state index is 0.146. The van der Waals surface area contributed by atoms with Crippen molar-refractivity contribution in [2.45, 2.75) is 58.9 Å². The number of hydrogen-bond donors (Lipinski definition) is 0. The van der Waals surface area contributed by atoms with E-state index in [9.17, 15) is 4.79 Å². The average Bonchev–Trinajstić information content (AvgIpc) is 3.30. The summed E-state index contributed by atoms with van der Waals surface area (Å²) in [5, 5.41) is 2.13. The number of fused-ring (bicyclic) bond motifs is 3. The second-order valence-corrected chi connectivity index (χ2v) is 11.4. The SMILES string of the molecule is Cc1ccc(-n2c(C)cc(C(=O)CSc3ncnc4sc5c(c34)CC[C@H](C)C5)c2C)cc1C. The fourth-order valence-electron chi connectivity index (χ4n) is 4.87. The van der Waals surface area contributed by atoms with Gasteiger partial charge >= 0.3 is 0 Å². The van der Waals surface area contributed by atoms with Crippen molar-refractivity contribution in [3.05, 3.63) is 69.1 Å². The van der Waals surface area contributed by atoms with Gasteiger partial charge in [0, 0.05) is 32.9 Å². The zero-order valence-electron chi connectivity index (χ0n) is 19.9. The number of carbonyl (C=O) groups is 1. The summed E-state index contributed by atoms with van der Waals surface area (Å²) in [6.07, 6.45) is 5.07. The van der Waals surface area contributed by atoms with Crippen LogP contribution in [-0.2, 0) is 12.8 Å². The molecule has 0 N–H and O–H groups in total. The van der Waals surface area contributed by atoms with E-state index < -0.39 is 0 Å². The highest BCUT2D eigenvalue weighted by atomic mass is 32.2. The molecule has 1 aromatic carbocycles. The normalized spacial score (nSPS) is 15.7. The monoisotopic (exact) mass is 475 g/mol. The lowest BCUT2D eigenvalue weighted by Crippen LogP contribution is -2.09. The number of nitrogens with zero attached hydrogens (tertiary/aromatic N) is 3. The van der Waals surface area contributed by atoms with Gasteiger partial charge in [0.05, 0.1) is 5.75 Å². The Hall–Kier alpha value is -2.44. The summed E-state index contributed by atoms with van der Waals surface area (Å²) in [6.45, 7) is 10.7. The van der Waals surface area contributed by atoms with E-state index in [0.29, 0.717) is 5.75 Å². The Morgan fingerprint density at radius 2 is 1.97 bits per heavy atom. The van der Waals surface area contributed by atoms with Gasteiger partial charge in [-0.25, -0.2) is 9.97 Å². The van der Waals surface area contributed by atoms with E-state index in [1.165, 1.54) is 33.4 Å². The van der Waals surface area contributed by atoms with Gasteiger partial charge in [-0.1, -0.05) is 24.8 Å². The number of hydrogen-bond acceptors (Lipinski definition) is 5. The van der Waals surface area contributed by atoms with Crippen LogP contribution in [0.1, 0.15) is 56.7 Å². The second-order valence-electron chi connectivity index (χ2n) is 9.31. The molecule has 170 valence electrons. The fourth-order valence-corrected chi connectivity index (χ4v) is 7.20. The van der Waals surface area contributed by atoms with E-state index in [0.717, 1.165) is 51.3 Å². The van der Waals surface area contributed by atoms with Gasteiger partial charge in [0.2, 0.25) is 0 Å². The quantitative estimate of drug-likeness (QED) is 0.181. The van der Waals surface area contributed by atoms with Gasteiger partial charge < -0.3 is 4.57 Å². The molecular weight excluding hydrogens is 446 g/mol. The summed E-state index contributed by atoms with van der Waals surface area (Å²) >= 11 is 3.35. The number of aromatic nitrogens is 3. The van der Waals surface area contributed by atoms with Crippen molar-refractivity contribution in [2.24, 2.45) is 5.92 Å². The number of thioether (sulfide) groups is 1. The Bertz CT molecular complexity index is 1380. The Morgan fingerprint density at radius 1 is 1.15 bits per heavy atom. The molecular formula is C27H29N3OS2. The minimum atomic E-state index is 0.146. The van der Waals surface area contributed by atoms with Crippen LogP contribution in [0.4, 0.5) is 0 Å². The maximum atomic E-state index is 13.3. The molecule has 3 aromatic heterocycles. The number of ketones is 1. The maximum Gasteiger partial charge on any atom is 0.174 e. The van der Waals surface area contributed by atoms with Crippen LogP contribution in [0, 0.1) is 33.6 Å². The minimum Gasteiger partial charge on any atom is -0.318 e. The van der Waals surface area contributed by atoms with Gasteiger partial charge in [-0.3, -0.25) is 4.79 Å². The third-order valence-corrected chi connectivity index (χ3v) is 9.03. The van der Waals surface area contributed by atoms with Crippen molar-refractivity contribution >= 4 is 39.1 Å². The van der Waals surface area contributed by atoms with Crippen molar-refractivity contribution < 1.29 is 4.79 Å². The Labute approximate surface area is 203 Å². The van der Waals surface area contributed by atoms with E-state index in [-0.39, 0.29) is 5.78 Å². The van der Waals surface area contributed by atoms with Crippen LogP contribution in [0.25, 0.3) is 15.9 Å². The summed E-state index contributed by atoms with van der Waals surface area (Å²) in [7, 11) is 0. The first kappa shape index (κ1) is 22.4. The van der Waals surface area contributed by atoms with Gasteiger partial charge in [0.15, 0.2) is 5.78 Å². The largest absolute Gasteiger partial charge is 0.318 e. The molecule has 1 aliphatic rings. The van der Waals surface area contributed by atoms with Crippen LogP contribution < -0.4 is 0 Å². The molecule has 3 heterocycles. The maximum absolute atomic E-state index is 13.3. The molecule has 0 unspecified atom stereocenters. The van der Waals surface area contributed by atoms with Crippen molar-refractivity contribution in [3.63, 3.8) is 0 Å². The first-order valence-corrected chi connectivity index (χ1v) is 13.3. The topological polar surface area (TPSA) is 47.8 Å². The molecule has 1 atom stereocenters. The average molecular weight is 476 g/mol. The van der Waals surface area contributed by atoms with E-state index in [2.05, 4.69) is 60.4 Å². The first-order chi connectivity index (χ1) is 15.8. The number of carbonyl (C=O) groups excluding carboxylic acids is 1. The molecule has 0 aliphatic heterocycles. The van der Waals surface area contributed by atoms with Gasteiger partial charge in [-0.2, -0.15) is 0 Å². The summed E-state index contributed by atoms with van der Waals surface area (Å²) < 4.78 is 2.18. The number of rotatable bonds is 5. The van der Waals surface area contributed by atoms with Gasteiger partial charge in [-0.05, 0) is 87.8 Å². The van der Waals surface area contributed by atoms with E-state index in [4.69, 9.17) is 0 Å². The lowest BCUT2D eigenvalue weighted by atomic mass is 9.89. The lowest BCUT2D eigenvalue weighted by molar-refractivity contribution is 0.102. The highest BCUT2D eigenvalue weighted by Crippen LogP contribution is 2.40. The molecule has 0 saturated carbocycles. The molecule has 5 rings (SSSR count). The number of benzene rings is 1. The number of thiophene rings is 1. The Morgan fingerprint density at radius 3 is 2.76 bits per heavy atom. The molecule has 0 spiro atoms. The standard InChI is InChI=1S/C27H29N3OS2/c1-15-6-9-21-24(10-15)33-27-25(21)26(28-14-29-27)32-13-23(31)22-12-18(4)30(19(22)5)20-8-7-16(2)17(3)11-20/h7-8,11-12,14-15H,6,9-10,13H2,1-5H3/t15-/m0/s1. The van der Waals surface area contributed by atoms with Crippen molar-refractivity contribution in [1.82, 2.24) is 14.5 Å². The molecule has 0 fully saturated rings. The third kappa shape index (κ3) is 4.04. The van der Waals surface area contributed by atoms with E-state index in [1.54, 1.807) is 29.4 Å². The van der Waals surface area contributed by atoms with Gasteiger partial charge in [-0.15, -0.1) is 11.3 Å². The van der Waals surface area contributed by atoms with E-state index >= 15 is 0 Å². The molecule has 0 saturated heterocycles. The Balaban J connectivity index is 1.41. The van der Waals surface area contributed by atoms with Crippen LogP contribution in [0.2, 0.25) is 0 Å². The summed E-state index contributed by atoms with van der Waals surface area (Å²) in [5.41, 5.74) is 7.92. The predicted molar refractivity (Wildman–Crippen MR) is 138 cm³/mol. The zero-order valence-corrected chi connectivity index (χ0v) is 21.5. The fraction of sp³-hybridized carbons (Fsp3) is 0.370. The molecule has 4 nitrogen and oxygen atoms in total.